The van der Waals surface area contributed by atoms with Gasteiger partial charge in [-0.1, -0.05) is 37.5 Å². The Morgan fingerprint density at radius 2 is 1.76 bits per heavy atom. The molecule has 92 valence electrons. The molecule has 0 saturated heterocycles. The predicted molar refractivity (Wildman–Crippen MR) is 91.0 cm³/mol. The Bertz CT molecular complexity index is 372. The van der Waals surface area contributed by atoms with Crippen molar-refractivity contribution in [1.82, 2.24) is 0 Å². The van der Waals surface area contributed by atoms with Gasteiger partial charge >= 0.3 is 0 Å². The van der Waals surface area contributed by atoms with Crippen LogP contribution < -0.4 is 3.11 Å². The summed E-state index contributed by atoms with van der Waals surface area (Å²) in [6.45, 7) is 0. The van der Waals surface area contributed by atoms with Crippen LogP contribution in [0.2, 0.25) is 0 Å². The third-order valence-corrected chi connectivity index (χ3v) is 4.79. The Labute approximate surface area is 131 Å². The summed E-state index contributed by atoms with van der Waals surface area (Å²) in [5, 5.41) is 0. The molecular weight excluding hydrogens is 438 g/mol. The fourth-order valence-corrected chi connectivity index (χ4v) is 4.16. The van der Waals surface area contributed by atoms with Crippen molar-refractivity contribution in [3.8, 4) is 0 Å². The monoisotopic (exact) mass is 454 g/mol. The number of amidine groups is 1. The third kappa shape index (κ3) is 3.56. The van der Waals surface area contributed by atoms with Crippen molar-refractivity contribution in [3.63, 3.8) is 0 Å². The van der Waals surface area contributed by atoms with E-state index in [9.17, 15) is 0 Å². The molecule has 0 atom stereocenters. The fraction of sp³-hybridized carbons (Fsp3) is 0.462. The summed E-state index contributed by atoms with van der Waals surface area (Å²) in [6.07, 6.45) is 6.65. The van der Waals surface area contributed by atoms with Crippen LogP contribution in [0, 0.1) is 5.92 Å². The highest BCUT2D eigenvalue weighted by molar-refractivity contribution is 14.1. The smallest absolute Gasteiger partial charge is 0.127 e. The average molecular weight is 454 g/mol. The molecule has 2 nitrogen and oxygen atoms in total. The number of hydrogen-bond acceptors (Lipinski definition) is 1. The normalized spacial score (nSPS) is 18.1. The highest BCUT2D eigenvalue weighted by Gasteiger charge is 2.23. The first-order valence-electron chi connectivity index (χ1n) is 6.02. The molecule has 1 aromatic carbocycles. The predicted octanol–water partition coefficient (Wildman–Crippen LogP) is 5.17. The van der Waals surface area contributed by atoms with Crippen LogP contribution in [0.25, 0.3) is 0 Å². The van der Waals surface area contributed by atoms with Gasteiger partial charge in [0.05, 0.1) is 51.4 Å². The zero-order valence-corrected chi connectivity index (χ0v) is 14.0. The molecule has 0 heterocycles. The van der Waals surface area contributed by atoms with Crippen LogP contribution in [0.4, 0.5) is 5.69 Å². The van der Waals surface area contributed by atoms with E-state index in [0.29, 0.717) is 5.92 Å². The van der Waals surface area contributed by atoms with Crippen LogP contribution in [-0.2, 0) is 0 Å². The Morgan fingerprint density at radius 3 is 2.35 bits per heavy atom. The average Bonchev–Trinajstić information content (AvgIpc) is 2.42. The Morgan fingerprint density at radius 1 is 1.12 bits per heavy atom. The molecule has 1 aliphatic carbocycles. The molecule has 0 unspecified atom stereocenters. The molecule has 0 N–H and O–H groups in total. The topological polar surface area (TPSA) is 15.6 Å². The van der Waals surface area contributed by atoms with Crippen LogP contribution in [0.3, 0.4) is 0 Å². The van der Waals surface area contributed by atoms with Crippen LogP contribution in [0.15, 0.2) is 33.5 Å². The van der Waals surface area contributed by atoms with E-state index in [1.54, 1.807) is 0 Å². The first kappa shape index (κ1) is 13.6. The molecular formula is C13H16I2N2. The summed E-state index contributed by atoms with van der Waals surface area (Å²) in [7, 11) is 0. The molecule has 0 aromatic heterocycles. The third-order valence-electron chi connectivity index (χ3n) is 3.24. The number of benzene rings is 1. The lowest BCUT2D eigenvalue weighted by Crippen LogP contribution is -2.29. The molecule has 17 heavy (non-hydrogen) atoms. The number of hydrogen-bond donors (Lipinski definition) is 0. The number of para-hydroxylation sites is 1. The lowest BCUT2D eigenvalue weighted by molar-refractivity contribution is 0.439. The van der Waals surface area contributed by atoms with Gasteiger partial charge in [-0.3, -0.25) is 3.11 Å². The standard InChI is InChI=1S/C13H16I2N2/c14-16-13(11-7-3-1-4-8-11)17(15)12-9-5-2-6-10-12/h2,5-6,9-11H,1,3-4,7-8H2. The second-order valence-corrected chi connectivity index (χ2v) is 5.84. The van der Waals surface area contributed by atoms with E-state index >= 15 is 0 Å². The van der Waals surface area contributed by atoms with Crippen molar-refractivity contribution in [2.75, 3.05) is 3.11 Å². The van der Waals surface area contributed by atoms with E-state index in [2.05, 4.69) is 82.4 Å². The molecule has 0 bridgehead atoms. The highest BCUT2D eigenvalue weighted by Crippen LogP contribution is 2.30. The minimum atomic E-state index is 0.637. The second-order valence-electron chi connectivity index (χ2n) is 4.39. The van der Waals surface area contributed by atoms with E-state index < -0.39 is 0 Å². The summed E-state index contributed by atoms with van der Waals surface area (Å²) in [5.74, 6) is 1.86. The molecule has 1 saturated carbocycles. The van der Waals surface area contributed by atoms with Gasteiger partial charge in [-0.2, -0.15) is 0 Å². The minimum Gasteiger partial charge on any atom is -0.270 e. The van der Waals surface area contributed by atoms with Gasteiger partial charge in [-0.25, -0.2) is 3.21 Å². The van der Waals surface area contributed by atoms with Gasteiger partial charge < -0.3 is 0 Å². The van der Waals surface area contributed by atoms with Crippen molar-refractivity contribution >= 4 is 57.3 Å². The van der Waals surface area contributed by atoms with E-state index in [-0.39, 0.29) is 0 Å². The summed E-state index contributed by atoms with van der Waals surface area (Å²) in [5.41, 5.74) is 1.22. The molecule has 4 heteroatoms. The summed E-state index contributed by atoms with van der Waals surface area (Å²) in [6, 6.07) is 10.5. The van der Waals surface area contributed by atoms with Gasteiger partial charge in [0.25, 0.3) is 0 Å². The zero-order valence-electron chi connectivity index (χ0n) is 9.65. The Hall–Kier alpha value is 0.150. The van der Waals surface area contributed by atoms with E-state index in [1.165, 1.54) is 43.6 Å². The van der Waals surface area contributed by atoms with Crippen molar-refractivity contribution in [1.29, 1.82) is 0 Å². The first-order chi connectivity index (χ1) is 8.33. The second kappa shape index (κ2) is 6.92. The minimum absolute atomic E-state index is 0.637. The maximum atomic E-state index is 4.49. The van der Waals surface area contributed by atoms with Crippen molar-refractivity contribution < 1.29 is 0 Å². The first-order valence-corrected chi connectivity index (χ1v) is 7.95. The molecule has 2 rings (SSSR count). The maximum Gasteiger partial charge on any atom is 0.127 e. The van der Waals surface area contributed by atoms with Gasteiger partial charge in [-0.05, 0) is 25.0 Å². The number of halogens is 2. The quantitative estimate of drug-likeness (QED) is 0.261. The molecule has 1 fully saturated rings. The summed E-state index contributed by atoms with van der Waals surface area (Å²) >= 11 is 4.50. The van der Waals surface area contributed by atoms with Gasteiger partial charge in [0.15, 0.2) is 0 Å². The molecule has 1 aromatic rings. The van der Waals surface area contributed by atoms with Crippen LogP contribution in [-0.4, -0.2) is 5.84 Å². The van der Waals surface area contributed by atoms with E-state index in [4.69, 9.17) is 0 Å². The van der Waals surface area contributed by atoms with Crippen LogP contribution >= 0.6 is 45.7 Å². The van der Waals surface area contributed by atoms with Crippen molar-refractivity contribution in [3.05, 3.63) is 30.3 Å². The summed E-state index contributed by atoms with van der Waals surface area (Å²) < 4.78 is 6.70. The maximum absolute atomic E-state index is 4.49. The van der Waals surface area contributed by atoms with E-state index in [0.717, 1.165) is 0 Å². The molecule has 0 spiro atoms. The molecule has 1 aliphatic rings. The van der Waals surface area contributed by atoms with Crippen molar-refractivity contribution in [2.24, 2.45) is 9.12 Å². The number of anilines is 1. The fourth-order valence-electron chi connectivity index (χ4n) is 2.31. The molecule has 0 amide bonds. The number of rotatable bonds is 2. The van der Waals surface area contributed by atoms with Crippen molar-refractivity contribution in [2.45, 2.75) is 32.1 Å². The SMILES string of the molecule is IN=C(C1CCCCC1)N(I)c1ccccc1. The van der Waals surface area contributed by atoms with E-state index in [1.807, 2.05) is 0 Å². The molecule has 0 radical (unpaired) electrons. The van der Waals surface area contributed by atoms with Gasteiger partial charge in [-0.15, -0.1) is 0 Å². The van der Waals surface area contributed by atoms with Crippen LogP contribution in [0.5, 0.6) is 0 Å². The zero-order chi connectivity index (χ0) is 12.1. The van der Waals surface area contributed by atoms with Crippen LogP contribution in [0.1, 0.15) is 32.1 Å². The van der Waals surface area contributed by atoms with Gasteiger partial charge in [0.1, 0.15) is 5.84 Å². The number of nitrogens with zero attached hydrogens (tertiary/aromatic N) is 2. The molecule has 0 aliphatic heterocycles. The highest BCUT2D eigenvalue weighted by atomic mass is 127. The lowest BCUT2D eigenvalue weighted by Gasteiger charge is -2.28. The Balaban J connectivity index is 2.13. The van der Waals surface area contributed by atoms with Gasteiger partial charge in [0.2, 0.25) is 0 Å². The largest absolute Gasteiger partial charge is 0.270 e. The lowest BCUT2D eigenvalue weighted by atomic mass is 9.88. The Kier molecular flexibility index (Phi) is 5.52. The summed E-state index contributed by atoms with van der Waals surface area (Å²) in [4.78, 5) is 0. The van der Waals surface area contributed by atoms with Gasteiger partial charge in [0, 0.05) is 5.92 Å².